The molecule has 0 atom stereocenters. The first-order valence-electron chi connectivity index (χ1n) is 8.07. The van der Waals surface area contributed by atoms with Crippen LogP contribution in [0.1, 0.15) is 36.2 Å². The van der Waals surface area contributed by atoms with Gasteiger partial charge in [-0.1, -0.05) is 6.08 Å². The Morgan fingerprint density at radius 2 is 2.04 bits per heavy atom. The van der Waals surface area contributed by atoms with E-state index in [-0.39, 0.29) is 11.3 Å². The molecule has 0 radical (unpaired) electrons. The van der Waals surface area contributed by atoms with E-state index in [0.717, 1.165) is 36.0 Å². The number of likely N-dealkylation sites (N-methyl/N-ethyl adjacent to an activating group) is 1. The van der Waals surface area contributed by atoms with Crippen molar-refractivity contribution in [3.63, 3.8) is 0 Å². The number of fused-ring (bicyclic) bond motifs is 1. The second kappa shape index (κ2) is 6.13. The Hall–Kier alpha value is -2.20. The van der Waals surface area contributed by atoms with Crippen molar-refractivity contribution >= 4 is 22.3 Å². The highest BCUT2D eigenvalue weighted by Crippen LogP contribution is 2.28. The molecule has 4 nitrogen and oxygen atoms in total. The molecule has 120 valence electrons. The standard InChI is InChI=1S/C19H22N2O2/c1-4-21-18-6-5-15(13(2)22)11-17(18)16(12-19(21)23)14-7-9-20(3)10-8-14/h5-7,11-12H,4,8-10H2,1-3H3. The molecule has 2 aromatic rings. The van der Waals surface area contributed by atoms with E-state index in [1.807, 2.05) is 25.1 Å². The molecule has 0 amide bonds. The third-order valence-electron chi connectivity index (χ3n) is 4.59. The van der Waals surface area contributed by atoms with Gasteiger partial charge in [-0.05, 0) is 56.7 Å². The average molecular weight is 310 g/mol. The topological polar surface area (TPSA) is 42.3 Å². The highest BCUT2D eigenvalue weighted by atomic mass is 16.1. The third-order valence-corrected chi connectivity index (χ3v) is 4.59. The lowest BCUT2D eigenvalue weighted by molar-refractivity contribution is 0.101. The number of carbonyl (C=O) groups is 1. The lowest BCUT2D eigenvalue weighted by atomic mass is 9.94. The Balaban J connectivity index is 2.30. The van der Waals surface area contributed by atoms with Crippen molar-refractivity contribution < 1.29 is 4.79 Å². The average Bonchev–Trinajstić information content (AvgIpc) is 2.54. The van der Waals surface area contributed by atoms with Crippen molar-refractivity contribution in [1.29, 1.82) is 0 Å². The van der Waals surface area contributed by atoms with Gasteiger partial charge in [-0.2, -0.15) is 0 Å². The summed E-state index contributed by atoms with van der Waals surface area (Å²) in [6.07, 6.45) is 3.11. The summed E-state index contributed by atoms with van der Waals surface area (Å²) >= 11 is 0. The van der Waals surface area contributed by atoms with E-state index in [1.54, 1.807) is 17.6 Å². The molecule has 2 heterocycles. The second-order valence-corrected chi connectivity index (χ2v) is 6.17. The molecule has 4 heteroatoms. The first-order valence-corrected chi connectivity index (χ1v) is 8.07. The molecule has 1 aliphatic heterocycles. The van der Waals surface area contributed by atoms with Crippen molar-refractivity contribution in [2.75, 3.05) is 20.1 Å². The van der Waals surface area contributed by atoms with Gasteiger partial charge in [0, 0.05) is 36.7 Å². The molecular weight excluding hydrogens is 288 g/mol. The van der Waals surface area contributed by atoms with Crippen LogP contribution in [-0.4, -0.2) is 35.4 Å². The van der Waals surface area contributed by atoms with Crippen LogP contribution in [0.15, 0.2) is 35.1 Å². The van der Waals surface area contributed by atoms with Crippen molar-refractivity contribution in [2.45, 2.75) is 26.8 Å². The summed E-state index contributed by atoms with van der Waals surface area (Å²) in [5, 5.41) is 0.995. The quantitative estimate of drug-likeness (QED) is 0.819. The highest BCUT2D eigenvalue weighted by molar-refractivity contribution is 6.00. The van der Waals surface area contributed by atoms with Crippen molar-refractivity contribution in [1.82, 2.24) is 9.47 Å². The van der Waals surface area contributed by atoms with Gasteiger partial charge in [-0.15, -0.1) is 0 Å². The number of aromatic nitrogens is 1. The van der Waals surface area contributed by atoms with Crippen LogP contribution in [0.5, 0.6) is 0 Å². The summed E-state index contributed by atoms with van der Waals surface area (Å²) in [4.78, 5) is 26.5. The van der Waals surface area contributed by atoms with Crippen LogP contribution < -0.4 is 5.56 Å². The smallest absolute Gasteiger partial charge is 0.251 e. The minimum atomic E-state index is 0.0189. The van der Waals surface area contributed by atoms with Gasteiger partial charge in [0.1, 0.15) is 0 Å². The van der Waals surface area contributed by atoms with E-state index in [4.69, 9.17) is 0 Å². The molecule has 1 aromatic heterocycles. The molecule has 0 bridgehead atoms. The number of carbonyl (C=O) groups excluding carboxylic acids is 1. The second-order valence-electron chi connectivity index (χ2n) is 6.17. The Kier molecular flexibility index (Phi) is 4.18. The summed E-state index contributed by atoms with van der Waals surface area (Å²) < 4.78 is 1.76. The van der Waals surface area contributed by atoms with Crippen molar-refractivity contribution in [3.05, 3.63) is 51.8 Å². The van der Waals surface area contributed by atoms with E-state index < -0.39 is 0 Å². The van der Waals surface area contributed by atoms with Gasteiger partial charge >= 0.3 is 0 Å². The highest BCUT2D eigenvalue weighted by Gasteiger charge is 2.16. The molecule has 1 aromatic carbocycles. The first kappa shape index (κ1) is 15.7. The molecule has 0 unspecified atom stereocenters. The van der Waals surface area contributed by atoms with E-state index >= 15 is 0 Å². The van der Waals surface area contributed by atoms with Crippen LogP contribution >= 0.6 is 0 Å². The van der Waals surface area contributed by atoms with Gasteiger partial charge < -0.3 is 9.47 Å². The molecule has 1 aliphatic rings. The Morgan fingerprint density at radius 1 is 1.26 bits per heavy atom. The number of Topliss-reactive ketones (excluding diaryl/α,β-unsaturated/α-hetero) is 1. The number of benzene rings is 1. The fraction of sp³-hybridized carbons (Fsp3) is 0.368. The number of hydrogen-bond acceptors (Lipinski definition) is 3. The number of nitrogens with zero attached hydrogens (tertiary/aromatic N) is 2. The lowest BCUT2D eigenvalue weighted by Crippen LogP contribution is -2.25. The number of pyridine rings is 1. The Bertz CT molecular complexity index is 862. The van der Waals surface area contributed by atoms with E-state index in [2.05, 4.69) is 18.0 Å². The molecule has 0 saturated heterocycles. The summed E-state index contributed by atoms with van der Waals surface area (Å²) in [5.41, 5.74) is 3.79. The van der Waals surface area contributed by atoms with Crippen LogP contribution in [0, 0.1) is 0 Å². The number of hydrogen-bond donors (Lipinski definition) is 0. The monoisotopic (exact) mass is 310 g/mol. The van der Waals surface area contributed by atoms with Gasteiger partial charge in [0.2, 0.25) is 0 Å². The maximum Gasteiger partial charge on any atom is 0.251 e. The molecule has 0 N–H and O–H groups in total. The van der Waals surface area contributed by atoms with Gasteiger partial charge in [0.15, 0.2) is 5.78 Å². The fourth-order valence-electron chi connectivity index (χ4n) is 3.21. The molecule has 0 fully saturated rings. The zero-order valence-corrected chi connectivity index (χ0v) is 13.9. The summed E-state index contributed by atoms with van der Waals surface area (Å²) in [6.45, 7) is 6.03. The third kappa shape index (κ3) is 2.86. The summed E-state index contributed by atoms with van der Waals surface area (Å²) in [6, 6.07) is 7.36. The summed E-state index contributed by atoms with van der Waals surface area (Å²) in [7, 11) is 2.09. The predicted octanol–water partition coefficient (Wildman–Crippen LogP) is 2.94. The molecular formula is C19H22N2O2. The summed E-state index contributed by atoms with van der Waals surface area (Å²) in [5.74, 6) is 0.0458. The normalized spacial score (nSPS) is 15.7. The molecule has 23 heavy (non-hydrogen) atoms. The maximum atomic E-state index is 12.5. The zero-order chi connectivity index (χ0) is 16.6. The van der Waals surface area contributed by atoms with Gasteiger partial charge in [-0.3, -0.25) is 9.59 Å². The van der Waals surface area contributed by atoms with Crippen LogP contribution in [0.25, 0.3) is 16.5 Å². The molecule has 0 saturated carbocycles. The van der Waals surface area contributed by atoms with Gasteiger partial charge in [-0.25, -0.2) is 0 Å². The van der Waals surface area contributed by atoms with Crippen LogP contribution in [0.2, 0.25) is 0 Å². The van der Waals surface area contributed by atoms with Crippen molar-refractivity contribution in [3.8, 4) is 0 Å². The molecule has 0 spiro atoms. The largest absolute Gasteiger partial charge is 0.309 e. The van der Waals surface area contributed by atoms with Crippen LogP contribution in [-0.2, 0) is 6.54 Å². The van der Waals surface area contributed by atoms with Crippen LogP contribution in [0.4, 0.5) is 0 Å². The zero-order valence-electron chi connectivity index (χ0n) is 13.9. The van der Waals surface area contributed by atoms with E-state index in [1.165, 1.54) is 5.57 Å². The fourth-order valence-corrected chi connectivity index (χ4v) is 3.21. The van der Waals surface area contributed by atoms with E-state index in [9.17, 15) is 9.59 Å². The minimum absolute atomic E-state index is 0.0189. The van der Waals surface area contributed by atoms with Gasteiger partial charge in [0.25, 0.3) is 5.56 Å². The van der Waals surface area contributed by atoms with E-state index in [0.29, 0.717) is 12.1 Å². The Morgan fingerprint density at radius 3 is 2.65 bits per heavy atom. The van der Waals surface area contributed by atoms with Gasteiger partial charge in [0.05, 0.1) is 5.52 Å². The minimum Gasteiger partial charge on any atom is -0.309 e. The number of ketones is 1. The molecule has 0 aliphatic carbocycles. The lowest BCUT2D eigenvalue weighted by Gasteiger charge is -2.23. The predicted molar refractivity (Wildman–Crippen MR) is 94.0 cm³/mol. The SMILES string of the molecule is CCn1c(=O)cc(C2=CCN(C)CC2)c2cc(C(C)=O)ccc21. The number of aryl methyl sites for hydroxylation is 1. The van der Waals surface area contributed by atoms with Crippen molar-refractivity contribution in [2.24, 2.45) is 0 Å². The van der Waals surface area contributed by atoms with Crippen LogP contribution in [0.3, 0.4) is 0 Å². The number of rotatable bonds is 3. The maximum absolute atomic E-state index is 12.5. The first-order chi connectivity index (χ1) is 11.0. The Labute approximate surface area is 136 Å². The molecule has 3 rings (SSSR count).